The van der Waals surface area contributed by atoms with Crippen molar-refractivity contribution in [3.05, 3.63) is 59.7 Å². The Kier molecular flexibility index (Phi) is 6.26. The Labute approximate surface area is 163 Å². The molecule has 146 valence electrons. The fraction of sp³-hybridized carbons (Fsp3) is 0.286. The molecule has 1 heterocycles. The van der Waals surface area contributed by atoms with E-state index in [9.17, 15) is 14.4 Å². The molecule has 7 nitrogen and oxygen atoms in total. The van der Waals surface area contributed by atoms with Crippen molar-refractivity contribution in [3.63, 3.8) is 0 Å². The smallest absolute Gasteiger partial charge is 0.325 e. The number of para-hydroxylation sites is 2. The van der Waals surface area contributed by atoms with Gasteiger partial charge in [-0.05, 0) is 36.6 Å². The first-order chi connectivity index (χ1) is 13.6. The van der Waals surface area contributed by atoms with E-state index >= 15 is 0 Å². The number of rotatable bonds is 6. The van der Waals surface area contributed by atoms with Gasteiger partial charge in [-0.15, -0.1) is 0 Å². The molecule has 0 atom stereocenters. The van der Waals surface area contributed by atoms with Gasteiger partial charge in [0.25, 0.3) is 11.8 Å². The van der Waals surface area contributed by atoms with Crippen molar-refractivity contribution >= 4 is 23.5 Å². The molecule has 2 aromatic rings. The second-order valence-corrected chi connectivity index (χ2v) is 6.32. The van der Waals surface area contributed by atoms with Gasteiger partial charge in [0.15, 0.2) is 6.61 Å². The number of benzene rings is 2. The van der Waals surface area contributed by atoms with Crippen LogP contribution in [0.4, 0.5) is 5.69 Å². The van der Waals surface area contributed by atoms with Crippen LogP contribution in [0.5, 0.6) is 5.75 Å². The zero-order valence-electron chi connectivity index (χ0n) is 15.6. The van der Waals surface area contributed by atoms with Crippen molar-refractivity contribution in [1.29, 1.82) is 0 Å². The van der Waals surface area contributed by atoms with Gasteiger partial charge in [-0.3, -0.25) is 14.4 Å². The molecule has 28 heavy (non-hydrogen) atoms. The van der Waals surface area contributed by atoms with Crippen LogP contribution in [0.25, 0.3) is 0 Å². The maximum absolute atomic E-state index is 12.5. The summed E-state index contributed by atoms with van der Waals surface area (Å²) >= 11 is 0. The number of nitrogens with zero attached hydrogens (tertiary/aromatic N) is 1. The lowest BCUT2D eigenvalue weighted by molar-refractivity contribution is -0.146. The van der Waals surface area contributed by atoms with Crippen molar-refractivity contribution in [2.24, 2.45) is 0 Å². The first-order valence-electron chi connectivity index (χ1n) is 9.05. The fourth-order valence-corrected chi connectivity index (χ4v) is 3.14. The van der Waals surface area contributed by atoms with Gasteiger partial charge in [0.05, 0.1) is 12.7 Å². The summed E-state index contributed by atoms with van der Waals surface area (Å²) in [5, 5.41) is 2.47. The molecule has 0 unspecified atom stereocenters. The van der Waals surface area contributed by atoms with Crippen LogP contribution in [0, 0.1) is 0 Å². The Hall–Kier alpha value is -3.35. The molecule has 1 aliphatic heterocycles. The monoisotopic (exact) mass is 382 g/mol. The van der Waals surface area contributed by atoms with Crippen LogP contribution < -0.4 is 15.0 Å². The van der Waals surface area contributed by atoms with Crippen LogP contribution in [0.15, 0.2) is 48.5 Å². The normalized spacial score (nSPS) is 12.7. The third-order valence-corrected chi connectivity index (χ3v) is 4.51. The number of carbonyl (C=O) groups excluding carboxylic acids is 3. The summed E-state index contributed by atoms with van der Waals surface area (Å²) in [6.07, 6.45) is 1.79. The lowest BCUT2D eigenvalue weighted by Crippen LogP contribution is -2.39. The zero-order chi connectivity index (χ0) is 19.9. The zero-order valence-corrected chi connectivity index (χ0v) is 15.6. The SMILES string of the molecule is COc1ccccc1C(=O)NCC(=O)OCC(=O)N1CCCc2ccccc21. The van der Waals surface area contributed by atoms with Crippen molar-refractivity contribution in [3.8, 4) is 5.75 Å². The van der Waals surface area contributed by atoms with E-state index in [0.717, 1.165) is 24.1 Å². The minimum Gasteiger partial charge on any atom is -0.496 e. The number of nitrogens with one attached hydrogen (secondary N) is 1. The number of ether oxygens (including phenoxy) is 2. The lowest BCUT2D eigenvalue weighted by Gasteiger charge is -2.29. The van der Waals surface area contributed by atoms with Crippen molar-refractivity contribution in [2.75, 3.05) is 31.7 Å². The fourth-order valence-electron chi connectivity index (χ4n) is 3.14. The van der Waals surface area contributed by atoms with Crippen LogP contribution in [0.2, 0.25) is 0 Å². The molecule has 0 aromatic heterocycles. The number of anilines is 1. The molecule has 0 bridgehead atoms. The molecule has 1 N–H and O–H groups in total. The molecule has 3 rings (SSSR count). The van der Waals surface area contributed by atoms with Gasteiger partial charge in [-0.25, -0.2) is 0 Å². The summed E-state index contributed by atoms with van der Waals surface area (Å²) in [5.74, 6) is -1.00. The third-order valence-electron chi connectivity index (χ3n) is 4.51. The van der Waals surface area contributed by atoms with E-state index in [1.54, 1.807) is 29.2 Å². The van der Waals surface area contributed by atoms with E-state index in [1.807, 2.05) is 24.3 Å². The van der Waals surface area contributed by atoms with Crippen molar-refractivity contribution in [2.45, 2.75) is 12.8 Å². The van der Waals surface area contributed by atoms with Crippen LogP contribution in [0.1, 0.15) is 22.3 Å². The average Bonchev–Trinajstić information content (AvgIpc) is 2.75. The van der Waals surface area contributed by atoms with Gasteiger partial charge in [0, 0.05) is 12.2 Å². The standard InChI is InChI=1S/C21H22N2O5/c1-27-18-11-5-3-9-16(18)21(26)22-13-20(25)28-14-19(24)23-12-6-8-15-7-2-4-10-17(15)23/h2-5,7,9-11H,6,8,12-14H2,1H3,(H,22,26). The Morgan fingerprint density at radius 1 is 1.07 bits per heavy atom. The second kappa shape index (κ2) is 9.03. The molecule has 0 fully saturated rings. The lowest BCUT2D eigenvalue weighted by atomic mass is 10.0. The number of esters is 1. The molecule has 0 saturated heterocycles. The molecule has 0 radical (unpaired) electrons. The van der Waals surface area contributed by atoms with E-state index < -0.39 is 11.9 Å². The minimum atomic E-state index is -0.679. The van der Waals surface area contributed by atoms with Crippen LogP contribution in [0.3, 0.4) is 0 Å². The summed E-state index contributed by atoms with van der Waals surface area (Å²) in [7, 11) is 1.46. The Balaban J connectivity index is 1.50. The highest BCUT2D eigenvalue weighted by atomic mass is 16.5. The average molecular weight is 382 g/mol. The predicted octanol–water partition coefficient (Wildman–Crippen LogP) is 1.95. The van der Waals surface area contributed by atoms with Crippen molar-refractivity contribution in [1.82, 2.24) is 5.32 Å². The number of hydrogen-bond donors (Lipinski definition) is 1. The van der Waals surface area contributed by atoms with E-state index in [-0.39, 0.29) is 19.1 Å². The molecule has 0 saturated carbocycles. The van der Waals surface area contributed by atoms with Crippen LogP contribution in [-0.4, -0.2) is 44.6 Å². The number of carbonyl (C=O) groups is 3. The summed E-state index contributed by atoms with van der Waals surface area (Å²) in [6, 6.07) is 14.4. The molecule has 0 spiro atoms. The number of fused-ring (bicyclic) bond motifs is 1. The number of amides is 2. The molecular weight excluding hydrogens is 360 g/mol. The van der Waals surface area contributed by atoms with E-state index in [1.165, 1.54) is 7.11 Å². The molecule has 1 aliphatic rings. The quantitative estimate of drug-likeness (QED) is 0.772. The highest BCUT2D eigenvalue weighted by molar-refractivity contribution is 5.99. The van der Waals surface area contributed by atoms with Gasteiger partial charge in [0.1, 0.15) is 12.3 Å². The van der Waals surface area contributed by atoms with E-state index in [4.69, 9.17) is 9.47 Å². The summed E-state index contributed by atoms with van der Waals surface area (Å²) in [4.78, 5) is 38.2. The van der Waals surface area contributed by atoms with Gasteiger partial charge >= 0.3 is 5.97 Å². The van der Waals surface area contributed by atoms with Gasteiger partial charge in [-0.2, -0.15) is 0 Å². The maximum atomic E-state index is 12.5. The van der Waals surface area contributed by atoms with Gasteiger partial charge in [-0.1, -0.05) is 30.3 Å². The molecule has 0 aliphatic carbocycles. The topological polar surface area (TPSA) is 84.9 Å². The maximum Gasteiger partial charge on any atom is 0.325 e. The van der Waals surface area contributed by atoms with Crippen LogP contribution in [-0.2, 0) is 20.7 Å². The Morgan fingerprint density at radius 3 is 2.64 bits per heavy atom. The minimum absolute atomic E-state index is 0.281. The van der Waals surface area contributed by atoms with Gasteiger partial charge < -0.3 is 19.7 Å². The molecule has 7 heteroatoms. The summed E-state index contributed by atoms with van der Waals surface area (Å²) in [6.45, 7) is -0.101. The highest BCUT2D eigenvalue weighted by Crippen LogP contribution is 2.26. The summed E-state index contributed by atoms with van der Waals surface area (Å²) < 4.78 is 10.2. The Morgan fingerprint density at radius 2 is 1.82 bits per heavy atom. The largest absolute Gasteiger partial charge is 0.496 e. The number of aryl methyl sites for hydroxylation is 1. The molecule has 2 aromatic carbocycles. The molecular formula is C21H22N2O5. The van der Waals surface area contributed by atoms with E-state index in [0.29, 0.717) is 17.9 Å². The first-order valence-corrected chi connectivity index (χ1v) is 9.05. The highest BCUT2D eigenvalue weighted by Gasteiger charge is 2.23. The predicted molar refractivity (Wildman–Crippen MR) is 103 cm³/mol. The second-order valence-electron chi connectivity index (χ2n) is 6.32. The number of hydrogen-bond acceptors (Lipinski definition) is 5. The first kappa shape index (κ1) is 19.4. The molecule has 2 amide bonds. The summed E-state index contributed by atoms with van der Waals surface area (Å²) in [5.41, 5.74) is 2.29. The van der Waals surface area contributed by atoms with Crippen molar-refractivity contribution < 1.29 is 23.9 Å². The number of methoxy groups -OCH3 is 1. The van der Waals surface area contributed by atoms with Gasteiger partial charge in [0.2, 0.25) is 0 Å². The van der Waals surface area contributed by atoms with Crippen LogP contribution >= 0.6 is 0 Å². The third kappa shape index (κ3) is 4.49. The Bertz CT molecular complexity index is 881. The van der Waals surface area contributed by atoms with E-state index in [2.05, 4.69) is 5.32 Å².